The van der Waals surface area contributed by atoms with Crippen LogP contribution in [-0.2, 0) is 4.79 Å². The van der Waals surface area contributed by atoms with Gasteiger partial charge in [0.2, 0.25) is 12.7 Å². The zero-order valence-corrected chi connectivity index (χ0v) is 18.4. The van der Waals surface area contributed by atoms with E-state index in [1.165, 1.54) is 57.8 Å². The lowest BCUT2D eigenvalue weighted by Gasteiger charge is -2.22. The lowest BCUT2D eigenvalue weighted by molar-refractivity contribution is -0.122. The van der Waals surface area contributed by atoms with E-state index in [2.05, 4.69) is 5.32 Å². The Hall–Kier alpha value is -2.44. The van der Waals surface area contributed by atoms with Crippen molar-refractivity contribution in [3.05, 3.63) is 18.2 Å². The Balaban J connectivity index is 1.28. The number of fused-ring (bicyclic) bond motifs is 1. The molecule has 7 nitrogen and oxygen atoms in total. The molecule has 0 unspecified atom stereocenters. The molecular formula is C24H35N3O4. The van der Waals surface area contributed by atoms with Crippen LogP contribution in [0, 0.1) is 0 Å². The standard InChI is InChI=1S/C24H35N3O4/c28-23(25-19-10-8-6-4-2-1-3-5-7-9-11-19)17-26-14-15-27(24(26)29)20-12-13-21-22(16-20)31-18-30-21/h12-13,16,19H,1-11,14-15,17-18H2,(H,25,28). The predicted octanol–water partition coefficient (Wildman–Crippen LogP) is 4.45. The first-order valence-corrected chi connectivity index (χ1v) is 12.0. The highest BCUT2D eigenvalue weighted by Crippen LogP contribution is 2.36. The van der Waals surface area contributed by atoms with Crippen LogP contribution in [0.5, 0.6) is 11.5 Å². The number of carbonyl (C=O) groups excluding carboxylic acids is 2. The van der Waals surface area contributed by atoms with Gasteiger partial charge in [0.1, 0.15) is 6.54 Å². The van der Waals surface area contributed by atoms with Crippen LogP contribution in [0.2, 0.25) is 0 Å². The van der Waals surface area contributed by atoms with Gasteiger partial charge >= 0.3 is 6.03 Å². The molecule has 2 heterocycles. The number of carbonyl (C=O) groups is 2. The molecule has 1 aromatic carbocycles. The Morgan fingerprint density at radius 1 is 0.903 bits per heavy atom. The van der Waals surface area contributed by atoms with E-state index in [0.717, 1.165) is 18.5 Å². The van der Waals surface area contributed by atoms with Crippen molar-refractivity contribution in [2.45, 2.75) is 76.7 Å². The third-order valence-electron chi connectivity index (χ3n) is 6.57. The summed E-state index contributed by atoms with van der Waals surface area (Å²) in [5.74, 6) is 1.31. The van der Waals surface area contributed by atoms with Crippen molar-refractivity contribution in [3.8, 4) is 11.5 Å². The number of anilines is 1. The number of benzene rings is 1. The maximum atomic E-state index is 12.9. The van der Waals surface area contributed by atoms with Crippen molar-refractivity contribution in [3.63, 3.8) is 0 Å². The first-order chi connectivity index (χ1) is 15.2. The number of hydrogen-bond donors (Lipinski definition) is 1. The molecule has 0 aromatic heterocycles. The zero-order chi connectivity index (χ0) is 21.5. The van der Waals surface area contributed by atoms with E-state index < -0.39 is 0 Å². The summed E-state index contributed by atoms with van der Waals surface area (Å²) in [6.07, 6.45) is 13.6. The van der Waals surface area contributed by atoms with Gasteiger partial charge in [0.15, 0.2) is 11.5 Å². The molecule has 4 rings (SSSR count). The van der Waals surface area contributed by atoms with E-state index >= 15 is 0 Å². The first-order valence-electron chi connectivity index (χ1n) is 12.0. The second-order valence-corrected chi connectivity index (χ2v) is 8.92. The smallest absolute Gasteiger partial charge is 0.325 e. The molecule has 0 spiro atoms. The van der Waals surface area contributed by atoms with E-state index in [1.54, 1.807) is 9.80 Å². The van der Waals surface area contributed by atoms with Crippen molar-refractivity contribution in [1.29, 1.82) is 0 Å². The maximum Gasteiger partial charge on any atom is 0.325 e. The summed E-state index contributed by atoms with van der Waals surface area (Å²) >= 11 is 0. The van der Waals surface area contributed by atoms with E-state index in [9.17, 15) is 9.59 Å². The Kier molecular flexibility index (Phi) is 7.54. The number of nitrogens with zero attached hydrogens (tertiary/aromatic N) is 2. The third-order valence-corrected chi connectivity index (χ3v) is 6.57. The number of rotatable bonds is 4. The number of hydrogen-bond acceptors (Lipinski definition) is 4. The molecule has 31 heavy (non-hydrogen) atoms. The molecule has 1 aliphatic carbocycles. The van der Waals surface area contributed by atoms with E-state index in [1.807, 2.05) is 18.2 Å². The lowest BCUT2D eigenvalue weighted by atomic mass is 9.98. The van der Waals surface area contributed by atoms with Gasteiger partial charge < -0.3 is 19.7 Å². The van der Waals surface area contributed by atoms with E-state index in [0.29, 0.717) is 24.6 Å². The Morgan fingerprint density at radius 3 is 2.26 bits per heavy atom. The predicted molar refractivity (Wildman–Crippen MR) is 120 cm³/mol. The number of amides is 3. The van der Waals surface area contributed by atoms with Crippen LogP contribution >= 0.6 is 0 Å². The SMILES string of the molecule is O=C(CN1CCN(c2ccc3c(c2)OCO3)C1=O)NC1CCCCCCCCCCC1. The maximum absolute atomic E-state index is 12.9. The molecule has 170 valence electrons. The average Bonchev–Trinajstić information content (AvgIpc) is 3.36. The summed E-state index contributed by atoms with van der Waals surface area (Å²) in [6, 6.07) is 5.61. The van der Waals surface area contributed by atoms with Gasteiger partial charge in [0, 0.05) is 30.9 Å². The van der Waals surface area contributed by atoms with Crippen LogP contribution in [0.4, 0.5) is 10.5 Å². The lowest BCUT2D eigenvalue weighted by Crippen LogP contribution is -2.43. The highest BCUT2D eigenvalue weighted by atomic mass is 16.7. The molecule has 7 heteroatoms. The monoisotopic (exact) mass is 429 g/mol. The summed E-state index contributed by atoms with van der Waals surface area (Å²) in [6.45, 7) is 1.44. The number of ether oxygens (including phenoxy) is 2. The molecule has 3 amide bonds. The molecule has 0 radical (unpaired) electrons. The molecule has 1 saturated carbocycles. The summed E-state index contributed by atoms with van der Waals surface area (Å²) < 4.78 is 10.8. The van der Waals surface area contributed by atoms with Gasteiger partial charge in [-0.05, 0) is 25.0 Å². The molecule has 2 fully saturated rings. The van der Waals surface area contributed by atoms with Gasteiger partial charge in [0.05, 0.1) is 0 Å². The number of nitrogens with one attached hydrogen (secondary N) is 1. The van der Waals surface area contributed by atoms with Gasteiger partial charge in [-0.2, -0.15) is 0 Å². The fraction of sp³-hybridized carbons (Fsp3) is 0.667. The van der Waals surface area contributed by atoms with Crippen molar-refractivity contribution in [1.82, 2.24) is 10.2 Å². The highest BCUT2D eigenvalue weighted by Gasteiger charge is 2.32. The van der Waals surface area contributed by atoms with Crippen molar-refractivity contribution < 1.29 is 19.1 Å². The summed E-state index contributed by atoms with van der Waals surface area (Å²) in [5, 5.41) is 3.22. The van der Waals surface area contributed by atoms with Crippen molar-refractivity contribution in [2.24, 2.45) is 0 Å². The molecule has 0 atom stereocenters. The van der Waals surface area contributed by atoms with Gasteiger partial charge in [-0.3, -0.25) is 9.69 Å². The molecular weight excluding hydrogens is 394 g/mol. The fourth-order valence-corrected chi connectivity index (χ4v) is 4.78. The highest BCUT2D eigenvalue weighted by molar-refractivity contribution is 5.96. The Bertz CT molecular complexity index is 757. The van der Waals surface area contributed by atoms with Crippen LogP contribution in [-0.4, -0.2) is 49.3 Å². The fourth-order valence-electron chi connectivity index (χ4n) is 4.78. The van der Waals surface area contributed by atoms with E-state index in [4.69, 9.17) is 9.47 Å². The van der Waals surface area contributed by atoms with E-state index in [-0.39, 0.29) is 31.3 Å². The van der Waals surface area contributed by atoms with Gasteiger partial charge in [-0.1, -0.05) is 57.8 Å². The molecule has 2 aliphatic heterocycles. The number of urea groups is 1. The summed E-state index contributed by atoms with van der Waals surface area (Å²) in [7, 11) is 0. The normalized spacial score (nSPS) is 21.0. The Morgan fingerprint density at radius 2 is 1.55 bits per heavy atom. The summed E-state index contributed by atoms with van der Waals surface area (Å²) in [5.41, 5.74) is 0.775. The zero-order valence-electron chi connectivity index (χ0n) is 18.4. The molecule has 3 aliphatic rings. The second kappa shape index (κ2) is 10.7. The van der Waals surface area contributed by atoms with Crippen LogP contribution in [0.25, 0.3) is 0 Å². The second-order valence-electron chi connectivity index (χ2n) is 8.92. The topological polar surface area (TPSA) is 71.1 Å². The quantitative estimate of drug-likeness (QED) is 0.768. The first kappa shape index (κ1) is 21.8. The minimum absolute atomic E-state index is 0.0435. The average molecular weight is 430 g/mol. The Labute approximate surface area is 185 Å². The van der Waals surface area contributed by atoms with Crippen molar-refractivity contribution >= 4 is 17.6 Å². The van der Waals surface area contributed by atoms with Gasteiger partial charge in [-0.25, -0.2) is 4.79 Å². The molecule has 1 N–H and O–H groups in total. The van der Waals surface area contributed by atoms with Gasteiger partial charge in [0.25, 0.3) is 0 Å². The molecule has 1 aromatic rings. The third kappa shape index (κ3) is 5.83. The molecule has 1 saturated heterocycles. The minimum Gasteiger partial charge on any atom is -0.454 e. The molecule has 0 bridgehead atoms. The largest absolute Gasteiger partial charge is 0.454 e. The van der Waals surface area contributed by atoms with Crippen molar-refractivity contribution in [2.75, 3.05) is 31.3 Å². The van der Waals surface area contributed by atoms with Gasteiger partial charge in [-0.15, -0.1) is 0 Å². The van der Waals surface area contributed by atoms with Crippen LogP contribution < -0.4 is 19.7 Å². The van der Waals surface area contributed by atoms with Crippen LogP contribution in [0.15, 0.2) is 18.2 Å². The van der Waals surface area contributed by atoms with Crippen LogP contribution in [0.1, 0.15) is 70.6 Å². The minimum atomic E-state index is -0.132. The summed E-state index contributed by atoms with van der Waals surface area (Å²) in [4.78, 5) is 28.9. The van der Waals surface area contributed by atoms with Crippen LogP contribution in [0.3, 0.4) is 0 Å².